The second-order valence-electron chi connectivity index (χ2n) is 4.96. The molecule has 0 N–H and O–H groups in total. The summed E-state index contributed by atoms with van der Waals surface area (Å²) in [5, 5.41) is 12.1. The van der Waals surface area contributed by atoms with E-state index in [0.717, 1.165) is 6.07 Å². The Balaban J connectivity index is 2.14. The number of allylic oxidation sites excluding steroid dienone is 1. The second kappa shape index (κ2) is 6.45. The topological polar surface area (TPSA) is 55.4 Å². The predicted molar refractivity (Wildman–Crippen MR) is 88.9 cm³/mol. The highest BCUT2D eigenvalue weighted by atomic mass is 35.5. The van der Waals surface area contributed by atoms with Gasteiger partial charge in [-0.1, -0.05) is 23.8 Å². The van der Waals surface area contributed by atoms with Gasteiger partial charge in [-0.25, -0.2) is 8.78 Å². The minimum absolute atomic E-state index is 0.131. The van der Waals surface area contributed by atoms with Crippen molar-refractivity contribution in [3.05, 3.63) is 58.0 Å². The summed E-state index contributed by atoms with van der Waals surface area (Å²) >= 11 is 5.86. The van der Waals surface area contributed by atoms with Gasteiger partial charge in [-0.05, 0) is 25.8 Å². The molecule has 0 bridgehead atoms. The molecule has 2 heterocycles. The van der Waals surface area contributed by atoms with E-state index in [2.05, 4.69) is 27.0 Å². The van der Waals surface area contributed by atoms with Crippen molar-refractivity contribution in [2.24, 2.45) is 4.99 Å². The SMILES string of the molecule is C=Nc1cc(F)c(Cc2nnc3ccc(Cl)nn23)c(F)c1/C=C\C. The summed E-state index contributed by atoms with van der Waals surface area (Å²) in [7, 11) is 0. The number of rotatable bonds is 4. The number of aromatic nitrogens is 4. The van der Waals surface area contributed by atoms with E-state index in [0.29, 0.717) is 5.65 Å². The van der Waals surface area contributed by atoms with Crippen molar-refractivity contribution in [2.45, 2.75) is 13.3 Å². The molecule has 0 aliphatic carbocycles. The van der Waals surface area contributed by atoms with Crippen LogP contribution < -0.4 is 0 Å². The van der Waals surface area contributed by atoms with Crippen LogP contribution >= 0.6 is 11.6 Å². The van der Waals surface area contributed by atoms with Crippen LogP contribution in [0.3, 0.4) is 0 Å². The van der Waals surface area contributed by atoms with E-state index in [1.807, 2.05) is 0 Å². The van der Waals surface area contributed by atoms with Gasteiger partial charge in [0.15, 0.2) is 11.5 Å². The van der Waals surface area contributed by atoms with E-state index in [1.54, 1.807) is 25.1 Å². The summed E-state index contributed by atoms with van der Waals surface area (Å²) in [6.45, 7) is 5.07. The fourth-order valence-electron chi connectivity index (χ4n) is 2.36. The Morgan fingerprint density at radius 1 is 1.33 bits per heavy atom. The average Bonchev–Trinajstić information content (AvgIpc) is 2.96. The molecule has 0 fully saturated rings. The van der Waals surface area contributed by atoms with Crippen LogP contribution in [0.2, 0.25) is 5.15 Å². The lowest BCUT2D eigenvalue weighted by atomic mass is 10.0. The molecule has 0 atom stereocenters. The van der Waals surface area contributed by atoms with E-state index in [4.69, 9.17) is 11.6 Å². The van der Waals surface area contributed by atoms with E-state index in [9.17, 15) is 8.78 Å². The predicted octanol–water partition coefficient (Wildman–Crippen LogP) is 4.01. The molecular formula is C16H12ClF2N5. The molecule has 0 unspecified atom stereocenters. The fourth-order valence-corrected chi connectivity index (χ4v) is 2.50. The third-order valence-electron chi connectivity index (χ3n) is 3.46. The van der Waals surface area contributed by atoms with Gasteiger partial charge in [-0.3, -0.25) is 4.99 Å². The van der Waals surface area contributed by atoms with Crippen LogP contribution in [-0.2, 0) is 6.42 Å². The molecule has 2 aromatic heterocycles. The summed E-state index contributed by atoms with van der Waals surface area (Å²) in [6.07, 6.45) is 3.02. The highest BCUT2D eigenvalue weighted by Crippen LogP contribution is 2.29. The van der Waals surface area contributed by atoms with Crippen LogP contribution in [0, 0.1) is 11.6 Å². The quantitative estimate of drug-likeness (QED) is 0.670. The standard InChI is InChI=1S/C16H12ClF2N5/c1-3-4-9-12(20-2)8-11(18)10(16(9)19)7-15-22-21-14-6-5-13(17)23-24(14)15/h3-6,8H,2,7H2,1H3/b4-3-. The Morgan fingerprint density at radius 3 is 2.83 bits per heavy atom. The molecule has 3 aromatic rings. The molecular weight excluding hydrogens is 336 g/mol. The van der Waals surface area contributed by atoms with Crippen molar-refractivity contribution in [3.63, 3.8) is 0 Å². The minimum Gasteiger partial charge on any atom is -0.264 e. The minimum atomic E-state index is -0.734. The van der Waals surface area contributed by atoms with Gasteiger partial charge in [0.2, 0.25) is 0 Å². The molecule has 0 saturated heterocycles. The van der Waals surface area contributed by atoms with Gasteiger partial charge in [-0.15, -0.1) is 10.2 Å². The summed E-state index contributed by atoms with van der Waals surface area (Å²) in [4.78, 5) is 3.67. The summed E-state index contributed by atoms with van der Waals surface area (Å²) in [5.74, 6) is -1.17. The fraction of sp³-hybridized carbons (Fsp3) is 0.125. The van der Waals surface area contributed by atoms with E-state index in [1.165, 1.54) is 10.6 Å². The van der Waals surface area contributed by atoms with Gasteiger partial charge in [0.05, 0.1) is 5.69 Å². The van der Waals surface area contributed by atoms with Crippen LogP contribution in [-0.4, -0.2) is 26.5 Å². The molecule has 0 saturated carbocycles. The molecule has 8 heteroatoms. The molecule has 0 amide bonds. The maximum atomic E-state index is 14.8. The molecule has 5 nitrogen and oxygen atoms in total. The number of halogens is 3. The Hall–Kier alpha value is -2.67. The Kier molecular flexibility index (Phi) is 4.35. The summed E-state index contributed by atoms with van der Waals surface area (Å²) < 4.78 is 30.4. The number of hydrogen-bond acceptors (Lipinski definition) is 4. The first-order valence-electron chi connectivity index (χ1n) is 7.02. The first kappa shape index (κ1) is 16.2. The lowest BCUT2D eigenvalue weighted by Crippen LogP contribution is -2.05. The first-order chi connectivity index (χ1) is 11.5. The van der Waals surface area contributed by atoms with Crippen LogP contribution in [0.4, 0.5) is 14.5 Å². The van der Waals surface area contributed by atoms with Crippen LogP contribution in [0.25, 0.3) is 11.7 Å². The second-order valence-corrected chi connectivity index (χ2v) is 5.35. The molecule has 122 valence electrons. The average molecular weight is 348 g/mol. The van der Waals surface area contributed by atoms with E-state index < -0.39 is 11.6 Å². The van der Waals surface area contributed by atoms with Gasteiger partial charge in [0, 0.05) is 23.6 Å². The molecule has 1 aromatic carbocycles. The largest absolute Gasteiger partial charge is 0.264 e. The Bertz CT molecular complexity index is 965. The zero-order valence-corrected chi connectivity index (χ0v) is 13.4. The zero-order valence-electron chi connectivity index (χ0n) is 12.7. The summed E-state index contributed by atoms with van der Waals surface area (Å²) in [6, 6.07) is 4.32. The number of benzene rings is 1. The van der Waals surface area contributed by atoms with Gasteiger partial charge < -0.3 is 0 Å². The molecule has 0 radical (unpaired) electrons. The molecule has 0 aliphatic heterocycles. The van der Waals surface area contributed by atoms with E-state index in [-0.39, 0.29) is 34.2 Å². The highest BCUT2D eigenvalue weighted by molar-refractivity contribution is 6.29. The third kappa shape index (κ3) is 2.78. The van der Waals surface area contributed by atoms with Gasteiger partial charge in [0.25, 0.3) is 0 Å². The lowest BCUT2D eigenvalue weighted by Gasteiger charge is -2.09. The van der Waals surface area contributed by atoms with Gasteiger partial charge in [0.1, 0.15) is 16.8 Å². The maximum absolute atomic E-state index is 14.8. The number of fused-ring (bicyclic) bond motifs is 1. The zero-order chi connectivity index (χ0) is 17.3. The number of nitrogens with zero attached hydrogens (tertiary/aromatic N) is 5. The van der Waals surface area contributed by atoms with Gasteiger partial charge >= 0.3 is 0 Å². The molecule has 0 spiro atoms. The molecule has 3 rings (SSSR count). The van der Waals surface area contributed by atoms with Crippen molar-refractivity contribution in [2.75, 3.05) is 0 Å². The molecule has 24 heavy (non-hydrogen) atoms. The van der Waals surface area contributed by atoms with Crippen LogP contribution in [0.1, 0.15) is 23.9 Å². The van der Waals surface area contributed by atoms with Crippen molar-refractivity contribution >= 4 is 35.7 Å². The van der Waals surface area contributed by atoms with E-state index >= 15 is 0 Å². The first-order valence-corrected chi connectivity index (χ1v) is 7.40. The van der Waals surface area contributed by atoms with Crippen molar-refractivity contribution in [1.29, 1.82) is 0 Å². The highest BCUT2D eigenvalue weighted by Gasteiger charge is 2.19. The Morgan fingerprint density at radius 2 is 2.12 bits per heavy atom. The number of aliphatic imine (C=N–C) groups is 1. The monoisotopic (exact) mass is 347 g/mol. The van der Waals surface area contributed by atoms with Gasteiger partial charge in [-0.2, -0.15) is 9.61 Å². The number of hydrogen-bond donors (Lipinski definition) is 0. The van der Waals surface area contributed by atoms with Crippen molar-refractivity contribution in [1.82, 2.24) is 19.8 Å². The Labute approximate surface area is 141 Å². The third-order valence-corrected chi connectivity index (χ3v) is 3.66. The molecule has 0 aliphatic rings. The lowest BCUT2D eigenvalue weighted by molar-refractivity contribution is 0.557. The van der Waals surface area contributed by atoms with Crippen molar-refractivity contribution < 1.29 is 8.78 Å². The van der Waals surface area contributed by atoms with Crippen LogP contribution in [0.15, 0.2) is 29.3 Å². The van der Waals surface area contributed by atoms with Crippen LogP contribution in [0.5, 0.6) is 0 Å². The van der Waals surface area contributed by atoms with Crippen molar-refractivity contribution in [3.8, 4) is 0 Å². The maximum Gasteiger partial charge on any atom is 0.178 e. The normalized spacial score (nSPS) is 11.5. The smallest absolute Gasteiger partial charge is 0.178 e. The summed E-state index contributed by atoms with van der Waals surface area (Å²) in [5.41, 5.74) is 0.600.